The van der Waals surface area contributed by atoms with Gasteiger partial charge in [0.05, 0.1) is 0 Å². The van der Waals surface area contributed by atoms with Gasteiger partial charge in [0.2, 0.25) is 6.71 Å². The van der Waals surface area contributed by atoms with Crippen molar-refractivity contribution in [3.8, 4) is 34.3 Å². The molecule has 3 aromatic carbocycles. The second-order valence-electron chi connectivity index (χ2n) is 12.1. The van der Waals surface area contributed by atoms with Gasteiger partial charge in [0.25, 0.3) is 0 Å². The summed E-state index contributed by atoms with van der Waals surface area (Å²) in [7, 11) is 0. The molecule has 1 N–H and O–H groups in total. The molecule has 0 atom stereocenters. The van der Waals surface area contributed by atoms with Gasteiger partial charge >= 0.3 is 0 Å². The number of aromatic nitrogens is 1. The van der Waals surface area contributed by atoms with Crippen LogP contribution in [0.2, 0.25) is 0 Å². The van der Waals surface area contributed by atoms with Crippen LogP contribution in [0.4, 0.5) is 0 Å². The van der Waals surface area contributed by atoms with E-state index in [-0.39, 0.29) is 49.2 Å². The molecule has 0 amide bonds. The first-order valence-corrected chi connectivity index (χ1v) is 15.7. The number of allylic oxidation sites excluding steroid dienone is 2. The Morgan fingerprint density at radius 3 is 1.93 bits per heavy atom. The molecule has 2 aliphatic rings. The molecule has 1 radical (unpaired) electrons. The third-order valence-corrected chi connectivity index (χ3v) is 9.79. The van der Waals surface area contributed by atoms with Crippen molar-refractivity contribution >= 4 is 28.9 Å². The van der Waals surface area contributed by atoms with Gasteiger partial charge in [-0.2, -0.15) is 0 Å². The molecule has 0 spiro atoms. The average molecular weight is 779 g/mol. The molecular formula is C38H41BIrNO4-. The topological polar surface area (TPSA) is 68.7 Å². The number of carbonyl (C=O) groups is 1. The van der Waals surface area contributed by atoms with Crippen LogP contribution >= 0.6 is 0 Å². The van der Waals surface area contributed by atoms with Gasteiger partial charge in [0.1, 0.15) is 17.3 Å². The number of carbonyl (C=O) groups excluding carboxylic acids is 1. The first-order valence-electron chi connectivity index (χ1n) is 15.7. The molecule has 235 valence electrons. The van der Waals surface area contributed by atoms with Crippen LogP contribution in [0, 0.1) is 16.9 Å². The quantitative estimate of drug-likeness (QED) is 0.0737. The van der Waals surface area contributed by atoms with Crippen LogP contribution < -0.4 is 25.9 Å². The van der Waals surface area contributed by atoms with Gasteiger partial charge in [0, 0.05) is 54.7 Å². The Kier molecular flexibility index (Phi) is 10.8. The summed E-state index contributed by atoms with van der Waals surface area (Å²) in [4.78, 5) is 16.7. The molecule has 0 saturated heterocycles. The molecule has 0 fully saturated rings. The van der Waals surface area contributed by atoms with Crippen LogP contribution in [0.15, 0.2) is 90.8 Å². The van der Waals surface area contributed by atoms with E-state index >= 15 is 0 Å². The maximum Gasteiger partial charge on any atom is 0.239 e. The molecule has 0 bridgehead atoms. The molecule has 1 aromatic heterocycles. The molecule has 5 nitrogen and oxygen atoms in total. The number of pyridine rings is 1. The third kappa shape index (κ3) is 6.52. The van der Waals surface area contributed by atoms with Crippen LogP contribution in [0.25, 0.3) is 11.3 Å². The standard InChI is InChI=1S/C23H13BNO2.C15H28O2.Ir/c1-3-10-19-16(7-1)24-17-8-2-4-11-20(17)27-23-15(18-9-5-6-14-25-18)12-13-21(26-19)22(23)24;1-7-14(5,8-2)12(16)11-13(17)15(6,9-3)10-4;/h1-11,13-14H;11,16H,7-10H2,1-6H3;/q-1;;/b;12-11-;. The third-order valence-electron chi connectivity index (χ3n) is 9.79. The predicted octanol–water partition coefficient (Wildman–Crippen LogP) is 7.92. The van der Waals surface area contributed by atoms with Crippen molar-refractivity contribution < 1.29 is 39.5 Å². The number of nitrogens with zero attached hydrogens (tertiary/aromatic N) is 1. The smallest absolute Gasteiger partial charge is 0.239 e. The molecular weight excluding hydrogens is 737 g/mol. The van der Waals surface area contributed by atoms with E-state index in [1.54, 1.807) is 6.20 Å². The first-order chi connectivity index (χ1) is 21.2. The molecule has 7 heteroatoms. The summed E-state index contributed by atoms with van der Waals surface area (Å²) in [6.07, 6.45) is 6.54. The summed E-state index contributed by atoms with van der Waals surface area (Å²) in [6.45, 7) is 12.2. The summed E-state index contributed by atoms with van der Waals surface area (Å²) >= 11 is 0. The maximum absolute atomic E-state index is 12.2. The molecule has 0 unspecified atom stereocenters. The van der Waals surface area contributed by atoms with E-state index in [9.17, 15) is 9.90 Å². The monoisotopic (exact) mass is 779 g/mol. The molecule has 2 aliphatic heterocycles. The molecule has 45 heavy (non-hydrogen) atoms. The summed E-state index contributed by atoms with van der Waals surface area (Å²) < 4.78 is 12.6. The minimum atomic E-state index is -0.337. The molecule has 0 saturated carbocycles. The van der Waals surface area contributed by atoms with Crippen LogP contribution in [0.1, 0.15) is 67.2 Å². The van der Waals surface area contributed by atoms with Gasteiger partial charge < -0.3 is 19.6 Å². The number of ketones is 1. The number of rotatable bonds is 8. The number of hydrogen-bond acceptors (Lipinski definition) is 5. The molecule has 4 aromatic rings. The Morgan fingerprint density at radius 1 is 0.822 bits per heavy atom. The number of ether oxygens (including phenoxy) is 2. The Labute approximate surface area is 281 Å². The molecule has 3 heterocycles. The zero-order chi connectivity index (χ0) is 31.5. The van der Waals surface area contributed by atoms with E-state index in [4.69, 9.17) is 9.47 Å². The average Bonchev–Trinajstić information content (AvgIpc) is 3.08. The number of aliphatic hydroxyl groups is 1. The zero-order valence-electron chi connectivity index (χ0n) is 26.9. The minimum Gasteiger partial charge on any atom is -0.512 e. The van der Waals surface area contributed by atoms with Gasteiger partial charge in [-0.3, -0.25) is 4.79 Å². The van der Waals surface area contributed by atoms with Crippen LogP contribution in [-0.2, 0) is 24.9 Å². The van der Waals surface area contributed by atoms with E-state index in [1.807, 2.05) is 90.1 Å². The first kappa shape index (κ1) is 34.2. The van der Waals surface area contributed by atoms with E-state index in [2.05, 4.69) is 35.3 Å². The number of fused-ring (bicyclic) bond motifs is 4. The molecule has 6 rings (SSSR count). The number of benzene rings is 3. The molecule has 0 aliphatic carbocycles. The van der Waals surface area contributed by atoms with Gasteiger partial charge in [-0.25, -0.2) is 0 Å². The zero-order valence-corrected chi connectivity index (χ0v) is 29.3. The SMILES string of the molecule is CCC(C)(CC)C(=O)/C=C(\O)C(C)(CC)CC.[Ir].[c-]1cc2c3c(c1-c1ccccn1)Oc1ccccc1B3c1ccccc1O2. The van der Waals surface area contributed by atoms with Gasteiger partial charge in [0.15, 0.2) is 5.78 Å². The van der Waals surface area contributed by atoms with Crippen LogP contribution in [0.3, 0.4) is 0 Å². The van der Waals surface area contributed by atoms with Crippen molar-refractivity contribution in [2.24, 2.45) is 10.8 Å². The van der Waals surface area contributed by atoms with Crippen LogP contribution in [0.5, 0.6) is 23.0 Å². The number of aliphatic hydroxyl groups excluding tert-OH is 1. The van der Waals surface area contributed by atoms with Gasteiger partial charge in [-0.15, -0.1) is 12.1 Å². The van der Waals surface area contributed by atoms with E-state index in [0.717, 1.165) is 76.3 Å². The van der Waals surface area contributed by atoms with Crippen molar-refractivity contribution in [3.05, 3.63) is 96.9 Å². The van der Waals surface area contributed by atoms with E-state index in [1.165, 1.54) is 6.08 Å². The summed E-state index contributed by atoms with van der Waals surface area (Å²) in [5.74, 6) is 3.62. The van der Waals surface area contributed by atoms with E-state index in [0.29, 0.717) is 0 Å². The fraction of sp³-hybridized carbons (Fsp3) is 0.316. The number of para-hydroxylation sites is 2. The minimum absolute atomic E-state index is 0. The van der Waals surface area contributed by atoms with Crippen LogP contribution in [-0.4, -0.2) is 22.6 Å². The second-order valence-corrected chi connectivity index (χ2v) is 12.1. The van der Waals surface area contributed by atoms with Crippen molar-refractivity contribution in [2.75, 3.05) is 0 Å². The largest absolute Gasteiger partial charge is 0.512 e. The Bertz CT molecular complexity index is 1670. The van der Waals surface area contributed by atoms with Crippen molar-refractivity contribution in [3.63, 3.8) is 0 Å². The summed E-state index contributed by atoms with van der Waals surface area (Å²) in [5, 5.41) is 10.1. The van der Waals surface area contributed by atoms with Crippen molar-refractivity contribution in [2.45, 2.75) is 67.2 Å². The van der Waals surface area contributed by atoms with E-state index < -0.39 is 0 Å². The Balaban J connectivity index is 0.000000226. The van der Waals surface area contributed by atoms with Gasteiger partial charge in [-0.1, -0.05) is 101 Å². The second kappa shape index (κ2) is 14.2. The normalized spacial score (nSPS) is 13.0. The van der Waals surface area contributed by atoms with Gasteiger partial charge in [-0.05, 0) is 60.5 Å². The van der Waals surface area contributed by atoms with Crippen molar-refractivity contribution in [1.82, 2.24) is 4.98 Å². The predicted molar refractivity (Wildman–Crippen MR) is 179 cm³/mol. The fourth-order valence-corrected chi connectivity index (χ4v) is 5.71. The summed E-state index contributed by atoms with van der Waals surface area (Å²) in [5.41, 5.74) is 4.45. The number of hydrogen-bond donors (Lipinski definition) is 1. The Hall–Kier alpha value is -3.67. The van der Waals surface area contributed by atoms with Crippen molar-refractivity contribution in [1.29, 1.82) is 0 Å². The fourth-order valence-electron chi connectivity index (χ4n) is 5.71. The summed E-state index contributed by atoms with van der Waals surface area (Å²) in [6, 6.07) is 27.5. The Morgan fingerprint density at radius 2 is 1.38 bits per heavy atom. The maximum atomic E-state index is 12.2.